The number of nitrogens with zero attached hydrogens (tertiary/aromatic N) is 1. The summed E-state index contributed by atoms with van der Waals surface area (Å²) in [5.74, 6) is 0.841. The molecule has 3 heteroatoms. The highest BCUT2D eigenvalue weighted by Gasteiger charge is 2.53. The third-order valence-electron chi connectivity index (χ3n) is 3.37. The summed E-state index contributed by atoms with van der Waals surface area (Å²) >= 11 is 0. The number of hydrogen-bond acceptors (Lipinski definition) is 2. The summed E-state index contributed by atoms with van der Waals surface area (Å²) in [6.45, 7) is 6.00. The Morgan fingerprint density at radius 2 is 2.29 bits per heavy atom. The van der Waals surface area contributed by atoms with Gasteiger partial charge in [0, 0.05) is 25.6 Å². The van der Waals surface area contributed by atoms with Crippen LogP contribution in [0.2, 0.25) is 0 Å². The van der Waals surface area contributed by atoms with E-state index >= 15 is 0 Å². The van der Waals surface area contributed by atoms with Gasteiger partial charge >= 0.3 is 0 Å². The average Bonchev–Trinajstić information content (AvgIpc) is 2.92. The molecule has 14 heavy (non-hydrogen) atoms. The molecule has 2 rings (SSSR count). The van der Waals surface area contributed by atoms with Crippen molar-refractivity contribution in [1.29, 1.82) is 0 Å². The first-order valence-corrected chi connectivity index (χ1v) is 5.12. The van der Waals surface area contributed by atoms with Crippen LogP contribution in [-0.4, -0.2) is 37.6 Å². The minimum Gasteiger partial charge on any atom is -0.384 e. The first-order chi connectivity index (χ1) is 6.72. The molecule has 0 aromatic rings. The summed E-state index contributed by atoms with van der Waals surface area (Å²) in [6, 6.07) is 0. The largest absolute Gasteiger partial charge is 0.384 e. The standard InChI is InChI=1S/C11H17NO2/c1-3-10(13)12-6-11(7-12,8-14-2)9-4-5-9/h3,9H,1,4-8H2,2H3. The van der Waals surface area contributed by atoms with Crippen LogP contribution in [0, 0.1) is 11.3 Å². The molecular formula is C11H17NO2. The number of amides is 1. The molecule has 0 aromatic heterocycles. The van der Waals surface area contributed by atoms with E-state index in [1.54, 1.807) is 7.11 Å². The van der Waals surface area contributed by atoms with Gasteiger partial charge in [0.05, 0.1) is 6.61 Å². The Hall–Kier alpha value is -0.830. The van der Waals surface area contributed by atoms with E-state index in [1.807, 2.05) is 4.90 Å². The molecule has 1 heterocycles. The van der Waals surface area contributed by atoms with Gasteiger partial charge in [0.25, 0.3) is 0 Å². The molecule has 1 aliphatic heterocycles. The first kappa shape index (κ1) is 9.71. The highest BCUT2D eigenvalue weighted by atomic mass is 16.5. The number of likely N-dealkylation sites (tertiary alicyclic amines) is 1. The molecule has 78 valence electrons. The van der Waals surface area contributed by atoms with E-state index in [-0.39, 0.29) is 11.3 Å². The van der Waals surface area contributed by atoms with Gasteiger partial charge in [0.1, 0.15) is 0 Å². The van der Waals surface area contributed by atoms with Crippen LogP contribution < -0.4 is 0 Å². The zero-order valence-electron chi connectivity index (χ0n) is 8.66. The lowest BCUT2D eigenvalue weighted by Gasteiger charge is -2.50. The van der Waals surface area contributed by atoms with Crippen LogP contribution in [0.25, 0.3) is 0 Å². The molecule has 1 aliphatic carbocycles. The fourth-order valence-electron chi connectivity index (χ4n) is 2.45. The lowest BCUT2D eigenvalue weighted by molar-refractivity contribution is -0.144. The van der Waals surface area contributed by atoms with Crippen LogP contribution in [0.4, 0.5) is 0 Å². The average molecular weight is 195 g/mol. The maximum Gasteiger partial charge on any atom is 0.245 e. The molecule has 0 spiro atoms. The molecule has 2 fully saturated rings. The smallest absolute Gasteiger partial charge is 0.245 e. The van der Waals surface area contributed by atoms with E-state index in [0.717, 1.165) is 25.6 Å². The van der Waals surface area contributed by atoms with Gasteiger partial charge in [-0.15, -0.1) is 0 Å². The Balaban J connectivity index is 1.92. The second kappa shape index (κ2) is 3.39. The molecule has 0 bridgehead atoms. The molecule has 3 nitrogen and oxygen atoms in total. The number of ether oxygens (including phenoxy) is 1. The fraction of sp³-hybridized carbons (Fsp3) is 0.727. The Kier molecular flexibility index (Phi) is 2.35. The van der Waals surface area contributed by atoms with Crippen molar-refractivity contribution in [2.24, 2.45) is 11.3 Å². The van der Waals surface area contributed by atoms with Crippen molar-refractivity contribution in [3.8, 4) is 0 Å². The summed E-state index contributed by atoms with van der Waals surface area (Å²) in [5.41, 5.74) is 0.271. The van der Waals surface area contributed by atoms with E-state index in [0.29, 0.717) is 0 Å². The Bertz CT molecular complexity index is 252. The zero-order chi connectivity index (χ0) is 10.2. The molecule has 0 aromatic carbocycles. The maximum absolute atomic E-state index is 11.3. The van der Waals surface area contributed by atoms with Crippen LogP contribution in [0.15, 0.2) is 12.7 Å². The fourth-order valence-corrected chi connectivity index (χ4v) is 2.45. The van der Waals surface area contributed by atoms with Crippen LogP contribution in [0.5, 0.6) is 0 Å². The Morgan fingerprint density at radius 1 is 1.64 bits per heavy atom. The van der Waals surface area contributed by atoms with Gasteiger partial charge in [-0.25, -0.2) is 0 Å². The summed E-state index contributed by atoms with van der Waals surface area (Å²) < 4.78 is 5.25. The van der Waals surface area contributed by atoms with Crippen LogP contribution in [-0.2, 0) is 9.53 Å². The number of rotatable bonds is 4. The second-order valence-electron chi connectivity index (χ2n) is 4.47. The first-order valence-electron chi connectivity index (χ1n) is 5.12. The van der Waals surface area contributed by atoms with Gasteiger partial charge in [0.2, 0.25) is 5.91 Å². The van der Waals surface area contributed by atoms with E-state index in [9.17, 15) is 4.79 Å². The third kappa shape index (κ3) is 1.46. The lowest BCUT2D eigenvalue weighted by atomic mass is 9.76. The summed E-state index contributed by atoms with van der Waals surface area (Å²) in [4.78, 5) is 13.1. The van der Waals surface area contributed by atoms with E-state index in [1.165, 1.54) is 18.9 Å². The molecule has 2 aliphatic rings. The minimum atomic E-state index is 0.0531. The number of carbonyl (C=O) groups is 1. The normalized spacial score (nSPS) is 24.2. The molecule has 1 saturated heterocycles. The van der Waals surface area contributed by atoms with Crippen molar-refractivity contribution in [3.05, 3.63) is 12.7 Å². The van der Waals surface area contributed by atoms with Crippen molar-refractivity contribution < 1.29 is 9.53 Å². The maximum atomic E-state index is 11.3. The second-order valence-corrected chi connectivity index (χ2v) is 4.47. The van der Waals surface area contributed by atoms with Gasteiger partial charge in [0.15, 0.2) is 0 Å². The molecule has 1 saturated carbocycles. The quantitative estimate of drug-likeness (QED) is 0.628. The van der Waals surface area contributed by atoms with Crippen molar-refractivity contribution in [2.75, 3.05) is 26.8 Å². The van der Waals surface area contributed by atoms with Crippen molar-refractivity contribution in [3.63, 3.8) is 0 Å². The van der Waals surface area contributed by atoms with Crippen LogP contribution in [0.1, 0.15) is 12.8 Å². The topological polar surface area (TPSA) is 29.5 Å². The van der Waals surface area contributed by atoms with Crippen LogP contribution >= 0.6 is 0 Å². The molecule has 0 unspecified atom stereocenters. The van der Waals surface area contributed by atoms with Crippen molar-refractivity contribution >= 4 is 5.91 Å². The van der Waals surface area contributed by atoms with Gasteiger partial charge < -0.3 is 9.64 Å². The van der Waals surface area contributed by atoms with Crippen molar-refractivity contribution in [1.82, 2.24) is 4.90 Å². The van der Waals surface area contributed by atoms with E-state index in [4.69, 9.17) is 4.74 Å². The van der Waals surface area contributed by atoms with Gasteiger partial charge in [-0.05, 0) is 24.8 Å². The highest BCUT2D eigenvalue weighted by molar-refractivity contribution is 5.87. The predicted molar refractivity (Wildman–Crippen MR) is 53.8 cm³/mol. The Labute approximate surface area is 84.7 Å². The van der Waals surface area contributed by atoms with E-state index < -0.39 is 0 Å². The predicted octanol–water partition coefficient (Wildman–Crippen LogP) is 1.06. The zero-order valence-corrected chi connectivity index (χ0v) is 8.66. The number of carbonyl (C=O) groups excluding carboxylic acids is 1. The number of hydrogen-bond donors (Lipinski definition) is 0. The molecular weight excluding hydrogens is 178 g/mol. The minimum absolute atomic E-state index is 0.0531. The number of methoxy groups -OCH3 is 1. The highest BCUT2D eigenvalue weighted by Crippen LogP contribution is 2.51. The van der Waals surface area contributed by atoms with Crippen LogP contribution in [0.3, 0.4) is 0 Å². The van der Waals surface area contributed by atoms with Gasteiger partial charge in [-0.2, -0.15) is 0 Å². The van der Waals surface area contributed by atoms with E-state index in [2.05, 4.69) is 6.58 Å². The van der Waals surface area contributed by atoms with Gasteiger partial charge in [-0.1, -0.05) is 6.58 Å². The monoisotopic (exact) mass is 195 g/mol. The molecule has 0 radical (unpaired) electrons. The van der Waals surface area contributed by atoms with Crippen molar-refractivity contribution in [2.45, 2.75) is 12.8 Å². The molecule has 0 atom stereocenters. The molecule has 1 amide bonds. The lowest BCUT2D eigenvalue weighted by Crippen LogP contribution is -2.61. The van der Waals surface area contributed by atoms with Gasteiger partial charge in [-0.3, -0.25) is 4.79 Å². The summed E-state index contributed by atoms with van der Waals surface area (Å²) in [5, 5.41) is 0. The Morgan fingerprint density at radius 3 is 2.71 bits per heavy atom. The summed E-state index contributed by atoms with van der Waals surface area (Å²) in [7, 11) is 1.74. The third-order valence-corrected chi connectivity index (χ3v) is 3.37. The SMILES string of the molecule is C=CC(=O)N1CC(COC)(C2CC2)C1. The summed E-state index contributed by atoms with van der Waals surface area (Å²) in [6.07, 6.45) is 4.00. The molecule has 0 N–H and O–H groups in total.